The van der Waals surface area contributed by atoms with Crippen LogP contribution in [0.15, 0.2) is 18.2 Å². The molecule has 0 atom stereocenters. The van der Waals surface area contributed by atoms with Crippen molar-refractivity contribution < 1.29 is 13.6 Å². The summed E-state index contributed by atoms with van der Waals surface area (Å²) in [5.41, 5.74) is 0.186. The Balaban J connectivity index is 2.50. The molecule has 0 radical (unpaired) electrons. The van der Waals surface area contributed by atoms with E-state index in [4.69, 9.17) is 12.2 Å². The van der Waals surface area contributed by atoms with Gasteiger partial charge in [0.2, 0.25) is 5.91 Å². The van der Waals surface area contributed by atoms with Crippen LogP contribution in [0.25, 0.3) is 0 Å². The first-order valence-corrected chi connectivity index (χ1v) is 5.14. The zero-order valence-electron chi connectivity index (χ0n) is 9.01. The molecule has 1 amide bonds. The minimum absolute atomic E-state index is 0.0569. The number of halogens is 2. The van der Waals surface area contributed by atoms with E-state index in [0.29, 0.717) is 5.11 Å². The van der Waals surface area contributed by atoms with Gasteiger partial charge in [0.15, 0.2) is 16.7 Å². The number of anilines is 1. The third kappa shape index (κ3) is 4.31. The summed E-state index contributed by atoms with van der Waals surface area (Å²) < 4.78 is 25.4. The molecule has 0 saturated heterocycles. The van der Waals surface area contributed by atoms with Crippen LogP contribution in [0, 0.1) is 11.6 Å². The fraction of sp³-hybridized carbons (Fsp3) is 0.200. The Morgan fingerprint density at radius 3 is 2.65 bits per heavy atom. The molecule has 1 aromatic rings. The average molecular weight is 259 g/mol. The molecule has 0 saturated carbocycles. The van der Waals surface area contributed by atoms with Gasteiger partial charge in [-0.05, 0) is 24.4 Å². The second-order valence-corrected chi connectivity index (χ2v) is 3.52. The van der Waals surface area contributed by atoms with Crippen molar-refractivity contribution in [1.29, 1.82) is 0 Å². The molecule has 1 aromatic carbocycles. The first kappa shape index (κ1) is 13.3. The lowest BCUT2D eigenvalue weighted by molar-refractivity contribution is -0.115. The number of carbonyl (C=O) groups is 1. The third-order valence-corrected chi connectivity index (χ3v) is 2.19. The summed E-state index contributed by atoms with van der Waals surface area (Å²) in [6, 6.07) is 3.12. The fourth-order valence-corrected chi connectivity index (χ4v) is 1.10. The number of amides is 1. The molecule has 3 N–H and O–H groups in total. The van der Waals surface area contributed by atoms with Gasteiger partial charge in [0, 0.05) is 18.8 Å². The second-order valence-electron chi connectivity index (χ2n) is 3.11. The maximum absolute atomic E-state index is 12.8. The van der Waals surface area contributed by atoms with Gasteiger partial charge in [-0.15, -0.1) is 0 Å². The highest BCUT2D eigenvalue weighted by molar-refractivity contribution is 7.80. The van der Waals surface area contributed by atoms with Crippen molar-refractivity contribution in [3.8, 4) is 0 Å². The highest BCUT2D eigenvalue weighted by Crippen LogP contribution is 2.12. The zero-order valence-corrected chi connectivity index (χ0v) is 9.83. The number of thiocarbonyl (C=S) groups is 1. The molecule has 7 heteroatoms. The topological polar surface area (TPSA) is 53.2 Å². The van der Waals surface area contributed by atoms with Gasteiger partial charge in [-0.2, -0.15) is 0 Å². The molecule has 0 aliphatic heterocycles. The number of rotatable bonds is 3. The number of hydrogen-bond donors (Lipinski definition) is 3. The first-order valence-electron chi connectivity index (χ1n) is 4.73. The lowest BCUT2D eigenvalue weighted by Crippen LogP contribution is -2.38. The molecular formula is C10H11F2N3OS. The van der Waals surface area contributed by atoms with Crippen LogP contribution in [-0.4, -0.2) is 24.6 Å². The van der Waals surface area contributed by atoms with Crippen LogP contribution in [0.5, 0.6) is 0 Å². The van der Waals surface area contributed by atoms with E-state index >= 15 is 0 Å². The Labute approximate surface area is 102 Å². The van der Waals surface area contributed by atoms with Crippen LogP contribution >= 0.6 is 12.2 Å². The summed E-state index contributed by atoms with van der Waals surface area (Å²) in [4.78, 5) is 11.4. The molecule has 0 fully saturated rings. The van der Waals surface area contributed by atoms with E-state index in [1.165, 1.54) is 6.07 Å². The summed E-state index contributed by atoms with van der Waals surface area (Å²) in [6.45, 7) is -0.0569. The van der Waals surface area contributed by atoms with Gasteiger partial charge < -0.3 is 16.0 Å². The molecule has 92 valence electrons. The van der Waals surface area contributed by atoms with Crippen molar-refractivity contribution in [1.82, 2.24) is 10.6 Å². The van der Waals surface area contributed by atoms with Crippen LogP contribution in [0.2, 0.25) is 0 Å². The summed E-state index contributed by atoms with van der Waals surface area (Å²) in [5.74, 6) is -2.38. The summed E-state index contributed by atoms with van der Waals surface area (Å²) in [6.07, 6.45) is 0. The van der Waals surface area contributed by atoms with E-state index in [1.807, 2.05) is 0 Å². The maximum atomic E-state index is 12.8. The number of nitrogens with one attached hydrogen (secondary N) is 3. The molecule has 1 rings (SSSR count). The van der Waals surface area contributed by atoms with Crippen molar-refractivity contribution in [2.45, 2.75) is 0 Å². The Morgan fingerprint density at radius 1 is 1.35 bits per heavy atom. The van der Waals surface area contributed by atoms with E-state index in [2.05, 4.69) is 16.0 Å². The van der Waals surface area contributed by atoms with E-state index in [1.54, 1.807) is 7.05 Å². The lowest BCUT2D eigenvalue weighted by atomic mass is 10.3. The molecule has 0 heterocycles. The third-order valence-electron chi connectivity index (χ3n) is 1.84. The van der Waals surface area contributed by atoms with Gasteiger partial charge in [0.25, 0.3) is 0 Å². The van der Waals surface area contributed by atoms with Gasteiger partial charge in [0.05, 0.1) is 6.54 Å². The minimum atomic E-state index is -1.01. The van der Waals surface area contributed by atoms with E-state index in [0.717, 1.165) is 12.1 Å². The summed E-state index contributed by atoms with van der Waals surface area (Å²) >= 11 is 4.76. The molecule has 0 bridgehead atoms. The SMILES string of the molecule is CNC(=S)NCC(=O)Nc1ccc(F)c(F)c1. The Morgan fingerprint density at radius 2 is 2.06 bits per heavy atom. The molecule has 0 aromatic heterocycles. The van der Waals surface area contributed by atoms with Crippen LogP contribution in [-0.2, 0) is 4.79 Å². The van der Waals surface area contributed by atoms with Crippen molar-refractivity contribution in [2.75, 3.05) is 18.9 Å². The van der Waals surface area contributed by atoms with Crippen LogP contribution in [0.1, 0.15) is 0 Å². The number of benzene rings is 1. The Hall–Kier alpha value is -1.76. The summed E-state index contributed by atoms with van der Waals surface area (Å²) in [7, 11) is 1.61. The minimum Gasteiger partial charge on any atom is -0.366 e. The monoisotopic (exact) mass is 259 g/mol. The molecular weight excluding hydrogens is 248 g/mol. The fourth-order valence-electron chi connectivity index (χ4n) is 1.03. The van der Waals surface area contributed by atoms with Gasteiger partial charge in [-0.25, -0.2) is 8.78 Å². The van der Waals surface area contributed by atoms with Gasteiger partial charge in [-0.1, -0.05) is 0 Å². The van der Waals surface area contributed by atoms with Crippen molar-refractivity contribution in [3.05, 3.63) is 29.8 Å². The number of carbonyl (C=O) groups excluding carboxylic acids is 1. The predicted molar refractivity (Wildman–Crippen MR) is 64.6 cm³/mol. The maximum Gasteiger partial charge on any atom is 0.243 e. The Kier molecular flexibility index (Phi) is 4.77. The van der Waals surface area contributed by atoms with Crippen LogP contribution in [0.3, 0.4) is 0 Å². The molecule has 0 spiro atoms. The average Bonchev–Trinajstić information content (AvgIpc) is 2.31. The van der Waals surface area contributed by atoms with Crippen molar-refractivity contribution in [2.24, 2.45) is 0 Å². The quantitative estimate of drug-likeness (QED) is 0.709. The van der Waals surface area contributed by atoms with Crippen molar-refractivity contribution in [3.63, 3.8) is 0 Å². The van der Waals surface area contributed by atoms with Crippen LogP contribution in [0.4, 0.5) is 14.5 Å². The lowest BCUT2D eigenvalue weighted by Gasteiger charge is -2.08. The molecule has 0 unspecified atom stereocenters. The van der Waals surface area contributed by atoms with Gasteiger partial charge in [-0.3, -0.25) is 4.79 Å². The van der Waals surface area contributed by atoms with E-state index in [9.17, 15) is 13.6 Å². The molecule has 0 aliphatic carbocycles. The molecule has 4 nitrogen and oxygen atoms in total. The normalized spacial score (nSPS) is 9.59. The zero-order chi connectivity index (χ0) is 12.8. The first-order chi connectivity index (χ1) is 8.02. The number of hydrogen-bond acceptors (Lipinski definition) is 2. The predicted octanol–water partition coefficient (Wildman–Crippen LogP) is 0.997. The highest BCUT2D eigenvalue weighted by Gasteiger charge is 2.06. The van der Waals surface area contributed by atoms with Crippen molar-refractivity contribution >= 4 is 28.9 Å². The highest BCUT2D eigenvalue weighted by atomic mass is 32.1. The largest absolute Gasteiger partial charge is 0.366 e. The molecule has 17 heavy (non-hydrogen) atoms. The van der Waals surface area contributed by atoms with Crippen LogP contribution < -0.4 is 16.0 Å². The summed E-state index contributed by atoms with van der Waals surface area (Å²) in [5, 5.41) is 7.97. The van der Waals surface area contributed by atoms with Gasteiger partial charge >= 0.3 is 0 Å². The second kappa shape index (κ2) is 6.09. The molecule has 0 aliphatic rings. The smallest absolute Gasteiger partial charge is 0.243 e. The van der Waals surface area contributed by atoms with Gasteiger partial charge in [0.1, 0.15) is 0 Å². The van der Waals surface area contributed by atoms with E-state index < -0.39 is 17.5 Å². The Bertz CT molecular complexity index is 440. The standard InChI is InChI=1S/C10H11F2N3OS/c1-13-10(17)14-5-9(16)15-6-2-3-7(11)8(12)4-6/h2-4H,5H2,1H3,(H,15,16)(H2,13,14,17). The van der Waals surface area contributed by atoms with E-state index in [-0.39, 0.29) is 12.2 Å².